The van der Waals surface area contributed by atoms with Crippen molar-refractivity contribution in [1.29, 1.82) is 0 Å². The minimum Gasteiger partial charge on any atom is -0.456 e. The third-order valence-corrected chi connectivity index (χ3v) is 12.0. The van der Waals surface area contributed by atoms with E-state index in [-0.39, 0.29) is 0 Å². The predicted molar refractivity (Wildman–Crippen MR) is 235 cm³/mol. The Morgan fingerprint density at radius 3 is 1.71 bits per heavy atom. The van der Waals surface area contributed by atoms with Gasteiger partial charge in [-0.1, -0.05) is 140 Å². The lowest BCUT2D eigenvalue weighted by molar-refractivity contribution is 0.669. The van der Waals surface area contributed by atoms with E-state index in [1.165, 1.54) is 53.2 Å². The Kier molecular flexibility index (Phi) is 7.39. The molecule has 55 heavy (non-hydrogen) atoms. The highest BCUT2D eigenvalue weighted by atomic mass is 32.1. The summed E-state index contributed by atoms with van der Waals surface area (Å²) in [5, 5.41) is 7.20. The van der Waals surface area contributed by atoms with Gasteiger partial charge in [0.15, 0.2) is 0 Å². The molecule has 0 N–H and O–H groups in total. The molecule has 258 valence electrons. The van der Waals surface area contributed by atoms with E-state index in [2.05, 4.69) is 205 Å². The highest BCUT2D eigenvalue weighted by Gasteiger charge is 2.22. The van der Waals surface area contributed by atoms with Crippen LogP contribution in [-0.2, 0) is 0 Å². The molecule has 0 atom stereocenters. The molecule has 0 saturated carbocycles. The average molecular weight is 720 g/mol. The van der Waals surface area contributed by atoms with E-state index in [4.69, 9.17) is 4.42 Å². The van der Waals surface area contributed by atoms with Crippen molar-refractivity contribution in [1.82, 2.24) is 0 Å². The van der Waals surface area contributed by atoms with Gasteiger partial charge in [0.25, 0.3) is 0 Å². The van der Waals surface area contributed by atoms with Gasteiger partial charge in [0.05, 0.1) is 5.69 Å². The average Bonchev–Trinajstić information content (AvgIpc) is 3.82. The second kappa shape index (κ2) is 12.9. The van der Waals surface area contributed by atoms with Crippen molar-refractivity contribution in [2.24, 2.45) is 0 Å². The maximum absolute atomic E-state index is 6.87. The smallest absolute Gasteiger partial charge is 0.137 e. The summed E-state index contributed by atoms with van der Waals surface area (Å²) in [5.74, 6) is 0. The number of hydrogen-bond acceptors (Lipinski definition) is 3. The predicted octanol–water partition coefficient (Wildman–Crippen LogP) is 15.6. The lowest BCUT2D eigenvalue weighted by Crippen LogP contribution is -2.11. The van der Waals surface area contributed by atoms with Crippen molar-refractivity contribution < 1.29 is 4.42 Å². The van der Waals surface area contributed by atoms with Crippen LogP contribution < -0.4 is 4.90 Å². The molecule has 3 heteroatoms. The zero-order chi connectivity index (χ0) is 36.3. The number of benzene rings is 9. The Morgan fingerprint density at radius 1 is 0.345 bits per heavy atom. The molecule has 9 aromatic carbocycles. The second-order valence-electron chi connectivity index (χ2n) is 14.1. The van der Waals surface area contributed by atoms with Gasteiger partial charge in [-0.2, -0.15) is 0 Å². The van der Waals surface area contributed by atoms with Crippen molar-refractivity contribution in [3.63, 3.8) is 0 Å². The molecule has 0 saturated heterocycles. The molecule has 2 nitrogen and oxygen atoms in total. The normalized spacial score (nSPS) is 11.6. The maximum atomic E-state index is 6.87. The van der Waals surface area contributed by atoms with Crippen molar-refractivity contribution in [3.05, 3.63) is 200 Å². The monoisotopic (exact) mass is 719 g/mol. The van der Waals surface area contributed by atoms with Gasteiger partial charge in [-0.25, -0.2) is 0 Å². The first-order valence-corrected chi connectivity index (χ1v) is 19.5. The zero-order valence-electron chi connectivity index (χ0n) is 29.8. The topological polar surface area (TPSA) is 16.4 Å². The summed E-state index contributed by atoms with van der Waals surface area (Å²) in [4.78, 5) is 2.41. The highest BCUT2D eigenvalue weighted by molar-refractivity contribution is 7.25. The lowest BCUT2D eigenvalue weighted by Gasteiger charge is -2.28. The Morgan fingerprint density at radius 2 is 0.945 bits per heavy atom. The van der Waals surface area contributed by atoms with Crippen LogP contribution in [0.25, 0.3) is 86.3 Å². The van der Waals surface area contributed by atoms with E-state index >= 15 is 0 Å². The van der Waals surface area contributed by atoms with Crippen LogP contribution in [0.2, 0.25) is 0 Å². The van der Waals surface area contributed by atoms with E-state index in [1.807, 2.05) is 11.3 Å². The SMILES string of the molecule is c1ccc(-c2ccc(N(c3ccc4c(c3)oc3cc(-c5ccccc5)c5ccccc5c34)c3ccc4sc5ccccc5c4c3)c(-c3ccccc3)c2)cc1. The number of nitrogens with zero attached hydrogens (tertiary/aromatic N) is 1. The minimum absolute atomic E-state index is 0.858. The fourth-order valence-corrected chi connectivity index (χ4v) is 9.38. The molecule has 0 aliphatic rings. The summed E-state index contributed by atoms with van der Waals surface area (Å²) < 4.78 is 9.44. The van der Waals surface area contributed by atoms with Crippen molar-refractivity contribution in [3.8, 4) is 33.4 Å². The molecule has 0 radical (unpaired) electrons. The first-order chi connectivity index (χ1) is 27.3. The molecule has 0 unspecified atom stereocenters. The maximum Gasteiger partial charge on any atom is 0.137 e. The van der Waals surface area contributed by atoms with E-state index in [0.29, 0.717) is 0 Å². The first kappa shape index (κ1) is 31.6. The van der Waals surface area contributed by atoms with Gasteiger partial charge in [-0.15, -0.1) is 11.3 Å². The van der Waals surface area contributed by atoms with Crippen molar-refractivity contribution in [2.45, 2.75) is 0 Å². The summed E-state index contributed by atoms with van der Waals surface area (Å²) >= 11 is 1.84. The van der Waals surface area contributed by atoms with Crippen molar-refractivity contribution >= 4 is 81.3 Å². The number of thiophene rings is 1. The van der Waals surface area contributed by atoms with Crippen LogP contribution in [-0.4, -0.2) is 0 Å². The van der Waals surface area contributed by atoms with Crippen LogP contribution >= 0.6 is 11.3 Å². The molecule has 11 rings (SSSR count). The van der Waals surface area contributed by atoms with Gasteiger partial charge in [-0.3, -0.25) is 0 Å². The van der Waals surface area contributed by atoms with E-state index < -0.39 is 0 Å². The molecule has 0 aliphatic carbocycles. The van der Waals surface area contributed by atoms with Gasteiger partial charge in [-0.05, 0) is 93.2 Å². The number of fused-ring (bicyclic) bond motifs is 8. The summed E-state index contributed by atoms with van der Waals surface area (Å²) in [6, 6.07) is 72.1. The van der Waals surface area contributed by atoms with Crippen LogP contribution in [0, 0.1) is 0 Å². The van der Waals surface area contributed by atoms with Gasteiger partial charge in [0.1, 0.15) is 11.2 Å². The molecule has 0 amide bonds. The van der Waals surface area contributed by atoms with E-state index in [9.17, 15) is 0 Å². The van der Waals surface area contributed by atoms with Crippen LogP contribution in [0.15, 0.2) is 205 Å². The molecular formula is C52H33NOS. The lowest BCUT2D eigenvalue weighted by atomic mass is 9.95. The van der Waals surface area contributed by atoms with Gasteiger partial charge >= 0.3 is 0 Å². The molecule has 11 aromatic rings. The zero-order valence-corrected chi connectivity index (χ0v) is 30.6. The molecule has 0 fully saturated rings. The molecular weight excluding hydrogens is 687 g/mol. The number of rotatable bonds is 6. The largest absolute Gasteiger partial charge is 0.456 e. The summed E-state index contributed by atoms with van der Waals surface area (Å²) in [7, 11) is 0. The van der Waals surface area contributed by atoms with Crippen LogP contribution in [0.1, 0.15) is 0 Å². The summed E-state index contributed by atoms with van der Waals surface area (Å²) in [5.41, 5.74) is 12.0. The van der Waals surface area contributed by atoms with E-state index in [0.717, 1.165) is 50.1 Å². The highest BCUT2D eigenvalue weighted by Crippen LogP contribution is 2.47. The fourth-order valence-electron chi connectivity index (χ4n) is 8.29. The van der Waals surface area contributed by atoms with Crippen LogP contribution in [0.4, 0.5) is 17.1 Å². The summed E-state index contributed by atoms with van der Waals surface area (Å²) in [6.07, 6.45) is 0. The fraction of sp³-hybridized carbons (Fsp3) is 0. The molecule has 0 aliphatic heterocycles. The Hall–Kier alpha value is -6.94. The van der Waals surface area contributed by atoms with Gasteiger partial charge < -0.3 is 9.32 Å². The summed E-state index contributed by atoms with van der Waals surface area (Å²) in [6.45, 7) is 0. The quantitative estimate of drug-likeness (QED) is 0.170. The minimum atomic E-state index is 0.858. The van der Waals surface area contributed by atoms with Crippen LogP contribution in [0.5, 0.6) is 0 Å². The van der Waals surface area contributed by atoms with E-state index in [1.54, 1.807) is 0 Å². The Bertz CT molecular complexity index is 3200. The Balaban J connectivity index is 1.17. The molecule has 0 spiro atoms. The van der Waals surface area contributed by atoms with Gasteiger partial charge in [0.2, 0.25) is 0 Å². The first-order valence-electron chi connectivity index (χ1n) is 18.7. The third-order valence-electron chi connectivity index (χ3n) is 10.9. The van der Waals surface area contributed by atoms with Gasteiger partial charge in [0, 0.05) is 53.9 Å². The number of hydrogen-bond donors (Lipinski definition) is 0. The van der Waals surface area contributed by atoms with Crippen molar-refractivity contribution in [2.75, 3.05) is 4.90 Å². The number of anilines is 3. The Labute approximate surface area is 322 Å². The molecule has 2 heterocycles. The number of furan rings is 1. The standard InChI is InChI=1S/C52H33NOS/c1-4-14-34(15-5-1)37-24-28-47(45(30-37)36-18-8-3-9-19-36)53(38-26-29-51-46(31-38)41-21-12-13-23-50(41)55-51)39-25-27-43-48(32-39)54-49-33-44(35-16-6-2-7-17-35)40-20-10-11-22-42(40)52(43)49/h1-33H. The van der Waals surface area contributed by atoms with Crippen LogP contribution in [0.3, 0.4) is 0 Å². The molecule has 0 bridgehead atoms. The third kappa shape index (κ3) is 5.32. The molecule has 2 aromatic heterocycles. The second-order valence-corrected chi connectivity index (χ2v) is 15.2.